The third kappa shape index (κ3) is 4.27. The lowest BCUT2D eigenvalue weighted by Crippen LogP contribution is -2.37. The standard InChI is InChI=1S/C7H12N4OS3/c12-7(9-6-5-8-10-15-6)11(1-3-13)2-4-14/h5,13-14H,1-4H2,(H,9,12). The van der Waals surface area contributed by atoms with Gasteiger partial charge in [-0.15, -0.1) is 5.10 Å². The molecular formula is C7H12N4OS3. The molecule has 0 radical (unpaired) electrons. The summed E-state index contributed by atoms with van der Waals surface area (Å²) in [4.78, 5) is 13.3. The average molecular weight is 264 g/mol. The Morgan fingerprint density at radius 3 is 2.60 bits per heavy atom. The van der Waals surface area contributed by atoms with Crippen LogP contribution in [0, 0.1) is 0 Å². The van der Waals surface area contributed by atoms with E-state index >= 15 is 0 Å². The smallest absolute Gasteiger partial charge is 0.322 e. The molecule has 5 nitrogen and oxygen atoms in total. The number of aromatic nitrogens is 2. The lowest BCUT2D eigenvalue weighted by molar-refractivity contribution is 0.218. The number of anilines is 1. The fraction of sp³-hybridized carbons (Fsp3) is 0.571. The summed E-state index contributed by atoms with van der Waals surface area (Å²) in [5.74, 6) is 1.25. The normalized spacial score (nSPS) is 10.0. The van der Waals surface area contributed by atoms with Crippen molar-refractivity contribution in [1.29, 1.82) is 0 Å². The first-order valence-corrected chi connectivity index (χ1v) is 6.36. The van der Waals surface area contributed by atoms with Crippen LogP contribution in [0.15, 0.2) is 6.20 Å². The van der Waals surface area contributed by atoms with E-state index in [0.717, 1.165) is 11.5 Å². The number of nitrogens with one attached hydrogen (secondary N) is 1. The molecular weight excluding hydrogens is 252 g/mol. The highest BCUT2D eigenvalue weighted by molar-refractivity contribution is 7.80. The molecule has 0 aliphatic rings. The number of amides is 2. The first-order valence-electron chi connectivity index (χ1n) is 4.33. The van der Waals surface area contributed by atoms with Crippen LogP contribution in [-0.2, 0) is 0 Å². The molecule has 15 heavy (non-hydrogen) atoms. The van der Waals surface area contributed by atoms with Crippen LogP contribution in [0.3, 0.4) is 0 Å². The van der Waals surface area contributed by atoms with Crippen LogP contribution in [0.25, 0.3) is 0 Å². The summed E-state index contributed by atoms with van der Waals surface area (Å²) >= 11 is 9.33. The van der Waals surface area contributed by atoms with E-state index in [1.165, 1.54) is 6.20 Å². The van der Waals surface area contributed by atoms with Gasteiger partial charge in [0.25, 0.3) is 0 Å². The summed E-state index contributed by atoms with van der Waals surface area (Å²) in [6.07, 6.45) is 1.52. The summed E-state index contributed by atoms with van der Waals surface area (Å²) in [6, 6.07) is -0.163. The maximum absolute atomic E-state index is 11.7. The largest absolute Gasteiger partial charge is 0.323 e. The molecule has 1 aromatic rings. The molecule has 0 saturated heterocycles. The summed E-state index contributed by atoms with van der Waals surface area (Å²) in [5, 5.41) is 6.98. The SMILES string of the molecule is O=C(Nc1cnns1)N(CCS)CCS. The number of nitrogens with zero attached hydrogens (tertiary/aromatic N) is 3. The molecule has 0 aliphatic heterocycles. The highest BCUT2D eigenvalue weighted by atomic mass is 32.1. The molecule has 2 amide bonds. The predicted octanol–water partition coefficient (Wildman–Crippen LogP) is 1.23. The molecule has 1 aromatic heterocycles. The van der Waals surface area contributed by atoms with Crippen LogP contribution in [0.4, 0.5) is 9.80 Å². The number of carbonyl (C=O) groups is 1. The number of hydrogen-bond donors (Lipinski definition) is 3. The summed E-state index contributed by atoms with van der Waals surface area (Å²) < 4.78 is 3.65. The topological polar surface area (TPSA) is 58.1 Å². The van der Waals surface area contributed by atoms with E-state index < -0.39 is 0 Å². The van der Waals surface area contributed by atoms with Crippen molar-refractivity contribution in [3.63, 3.8) is 0 Å². The zero-order valence-electron chi connectivity index (χ0n) is 7.96. The van der Waals surface area contributed by atoms with Crippen molar-refractivity contribution >= 4 is 47.8 Å². The van der Waals surface area contributed by atoms with E-state index in [2.05, 4.69) is 40.2 Å². The van der Waals surface area contributed by atoms with Crippen LogP contribution in [0.1, 0.15) is 0 Å². The van der Waals surface area contributed by atoms with Gasteiger partial charge in [-0.05, 0) is 0 Å². The van der Waals surface area contributed by atoms with Crippen molar-refractivity contribution in [1.82, 2.24) is 14.5 Å². The minimum absolute atomic E-state index is 0.163. The van der Waals surface area contributed by atoms with E-state index in [9.17, 15) is 4.79 Å². The van der Waals surface area contributed by atoms with Gasteiger partial charge < -0.3 is 4.90 Å². The lowest BCUT2D eigenvalue weighted by atomic mass is 10.5. The third-order valence-electron chi connectivity index (χ3n) is 1.62. The van der Waals surface area contributed by atoms with Gasteiger partial charge in [0.1, 0.15) is 5.00 Å². The Labute approximate surface area is 103 Å². The molecule has 0 aromatic carbocycles. The van der Waals surface area contributed by atoms with Gasteiger partial charge in [-0.3, -0.25) is 5.32 Å². The maximum Gasteiger partial charge on any atom is 0.322 e. The van der Waals surface area contributed by atoms with Crippen molar-refractivity contribution in [2.24, 2.45) is 0 Å². The molecule has 8 heteroatoms. The van der Waals surface area contributed by atoms with Gasteiger partial charge in [-0.2, -0.15) is 25.3 Å². The molecule has 0 bridgehead atoms. The number of urea groups is 1. The number of thiol groups is 2. The molecule has 1 heterocycles. The third-order valence-corrected chi connectivity index (χ3v) is 2.60. The Morgan fingerprint density at radius 2 is 2.13 bits per heavy atom. The number of rotatable bonds is 5. The van der Waals surface area contributed by atoms with Crippen molar-refractivity contribution in [2.75, 3.05) is 29.9 Å². The molecule has 0 saturated carbocycles. The summed E-state index contributed by atoms with van der Waals surface area (Å²) in [5.41, 5.74) is 0. The van der Waals surface area contributed by atoms with Crippen molar-refractivity contribution in [3.05, 3.63) is 6.20 Å². The van der Waals surface area contributed by atoms with Gasteiger partial charge in [0.05, 0.1) is 6.20 Å². The molecule has 0 aliphatic carbocycles. The number of hydrogen-bond acceptors (Lipinski definition) is 6. The Balaban J connectivity index is 2.48. The monoisotopic (exact) mass is 264 g/mol. The Kier molecular flexibility index (Phi) is 5.81. The van der Waals surface area contributed by atoms with Crippen LogP contribution in [0.5, 0.6) is 0 Å². The van der Waals surface area contributed by atoms with Crippen molar-refractivity contribution < 1.29 is 4.79 Å². The van der Waals surface area contributed by atoms with E-state index in [1.807, 2.05) is 0 Å². The fourth-order valence-corrected chi connectivity index (χ4v) is 1.86. The molecule has 0 unspecified atom stereocenters. The molecule has 1 rings (SSSR count). The van der Waals surface area contributed by atoms with Gasteiger partial charge in [-0.25, -0.2) is 4.79 Å². The van der Waals surface area contributed by atoms with E-state index in [4.69, 9.17) is 0 Å². The van der Waals surface area contributed by atoms with Crippen LogP contribution < -0.4 is 5.32 Å². The lowest BCUT2D eigenvalue weighted by Gasteiger charge is -2.20. The highest BCUT2D eigenvalue weighted by Gasteiger charge is 2.12. The van der Waals surface area contributed by atoms with E-state index in [-0.39, 0.29) is 6.03 Å². The average Bonchev–Trinajstić information content (AvgIpc) is 2.70. The second-order valence-corrected chi connectivity index (χ2v) is 4.33. The highest BCUT2D eigenvalue weighted by Crippen LogP contribution is 2.10. The second kappa shape index (κ2) is 6.91. The zero-order chi connectivity index (χ0) is 11.1. The first-order chi connectivity index (χ1) is 7.27. The molecule has 84 valence electrons. The van der Waals surface area contributed by atoms with Gasteiger partial charge in [0.15, 0.2) is 0 Å². The summed E-state index contributed by atoms with van der Waals surface area (Å²) in [6.45, 7) is 1.20. The Morgan fingerprint density at radius 1 is 1.47 bits per heavy atom. The van der Waals surface area contributed by atoms with Crippen LogP contribution in [0.2, 0.25) is 0 Å². The van der Waals surface area contributed by atoms with Crippen molar-refractivity contribution in [3.8, 4) is 0 Å². The number of carbonyl (C=O) groups excluding carboxylic acids is 1. The molecule has 0 atom stereocenters. The zero-order valence-corrected chi connectivity index (χ0v) is 10.6. The molecule has 0 fully saturated rings. The minimum atomic E-state index is -0.163. The van der Waals surface area contributed by atoms with E-state index in [0.29, 0.717) is 29.6 Å². The maximum atomic E-state index is 11.7. The minimum Gasteiger partial charge on any atom is -0.323 e. The van der Waals surface area contributed by atoms with Gasteiger partial charge in [0.2, 0.25) is 0 Å². The van der Waals surface area contributed by atoms with Gasteiger partial charge >= 0.3 is 6.03 Å². The summed E-state index contributed by atoms with van der Waals surface area (Å²) in [7, 11) is 0. The molecule has 0 spiro atoms. The molecule has 1 N–H and O–H groups in total. The second-order valence-electron chi connectivity index (χ2n) is 2.65. The quantitative estimate of drug-likeness (QED) is 0.701. The predicted molar refractivity (Wildman–Crippen MR) is 68.2 cm³/mol. The van der Waals surface area contributed by atoms with Crippen LogP contribution >= 0.6 is 36.8 Å². The van der Waals surface area contributed by atoms with E-state index in [1.54, 1.807) is 4.90 Å². The Hall–Kier alpha value is -0.470. The fourth-order valence-electron chi connectivity index (χ4n) is 0.963. The van der Waals surface area contributed by atoms with Gasteiger partial charge in [0, 0.05) is 36.1 Å². The van der Waals surface area contributed by atoms with Crippen LogP contribution in [-0.4, -0.2) is 45.1 Å². The first kappa shape index (κ1) is 12.6. The Bertz CT molecular complexity index is 286. The van der Waals surface area contributed by atoms with Gasteiger partial charge in [-0.1, -0.05) is 4.49 Å². The van der Waals surface area contributed by atoms with Crippen molar-refractivity contribution in [2.45, 2.75) is 0 Å².